The van der Waals surface area contributed by atoms with E-state index in [0.29, 0.717) is 0 Å². The second kappa shape index (κ2) is 6.55. The van der Waals surface area contributed by atoms with Crippen molar-refractivity contribution in [1.29, 1.82) is 0 Å². The van der Waals surface area contributed by atoms with Crippen LogP contribution in [0.25, 0.3) is 0 Å². The highest BCUT2D eigenvalue weighted by Gasteiger charge is 2.17. The van der Waals surface area contributed by atoms with Gasteiger partial charge in [-0.15, -0.1) is 24.8 Å². The van der Waals surface area contributed by atoms with E-state index in [0.717, 1.165) is 25.9 Å². The van der Waals surface area contributed by atoms with Crippen LogP contribution in [-0.2, 0) is 4.74 Å². The predicted octanol–water partition coefficient (Wildman–Crippen LogP) is 1.69. The van der Waals surface area contributed by atoms with E-state index in [2.05, 4.69) is 4.74 Å². The van der Waals surface area contributed by atoms with Gasteiger partial charge < -0.3 is 9.64 Å². The Morgan fingerprint density at radius 3 is 2.09 bits per heavy atom. The zero-order valence-corrected chi connectivity index (χ0v) is 8.04. The minimum absolute atomic E-state index is 0. The maximum absolute atomic E-state index is 10.7. The maximum Gasteiger partial charge on any atom is 0.409 e. The number of nitrogens with zero attached hydrogens (tertiary/aromatic N) is 1. The molecule has 0 spiro atoms. The van der Waals surface area contributed by atoms with Gasteiger partial charge in [0.25, 0.3) is 0 Å². The number of halogens is 2. The van der Waals surface area contributed by atoms with Gasteiger partial charge in [-0.3, -0.25) is 0 Å². The van der Waals surface area contributed by atoms with Crippen LogP contribution >= 0.6 is 24.8 Å². The topological polar surface area (TPSA) is 29.5 Å². The normalized spacial score (nSPS) is 14.8. The number of methoxy groups -OCH3 is 1. The van der Waals surface area contributed by atoms with Gasteiger partial charge >= 0.3 is 6.09 Å². The van der Waals surface area contributed by atoms with Crippen molar-refractivity contribution in [2.45, 2.75) is 12.8 Å². The number of carbonyl (C=O) groups is 1. The van der Waals surface area contributed by atoms with Crippen molar-refractivity contribution >= 4 is 30.9 Å². The molecule has 0 saturated carbocycles. The summed E-state index contributed by atoms with van der Waals surface area (Å²) in [4.78, 5) is 12.4. The van der Waals surface area contributed by atoms with Crippen molar-refractivity contribution < 1.29 is 9.53 Å². The first-order valence-corrected chi connectivity index (χ1v) is 3.17. The third-order valence-corrected chi connectivity index (χ3v) is 1.54. The average Bonchev–Trinajstić information content (AvgIpc) is 2.37. The third-order valence-electron chi connectivity index (χ3n) is 1.54. The second-order valence-electron chi connectivity index (χ2n) is 2.16. The predicted molar refractivity (Wildman–Crippen MR) is 47.7 cm³/mol. The number of carbonyl (C=O) groups excluding carboxylic acids is 1. The van der Waals surface area contributed by atoms with Gasteiger partial charge in [-0.05, 0) is 12.8 Å². The largest absolute Gasteiger partial charge is 0.453 e. The van der Waals surface area contributed by atoms with Gasteiger partial charge in [0.05, 0.1) is 7.11 Å². The summed E-state index contributed by atoms with van der Waals surface area (Å²) in [7, 11) is 1.42. The van der Waals surface area contributed by atoms with Crippen molar-refractivity contribution in [2.75, 3.05) is 20.2 Å². The molecule has 0 aromatic rings. The lowest BCUT2D eigenvalue weighted by molar-refractivity contribution is 0.133. The molecule has 1 rings (SSSR count). The molecule has 0 N–H and O–H groups in total. The molecule has 1 aliphatic rings. The molecular formula is C6H13Cl2NO2. The fourth-order valence-electron chi connectivity index (χ4n) is 1.03. The highest BCUT2D eigenvalue weighted by atomic mass is 35.5. The minimum Gasteiger partial charge on any atom is -0.453 e. The number of ether oxygens (including phenoxy) is 1. The van der Waals surface area contributed by atoms with Gasteiger partial charge in [0.1, 0.15) is 0 Å². The van der Waals surface area contributed by atoms with Crippen LogP contribution in [0.1, 0.15) is 12.8 Å². The maximum atomic E-state index is 10.7. The Morgan fingerprint density at radius 1 is 1.27 bits per heavy atom. The Labute approximate surface area is 78.9 Å². The van der Waals surface area contributed by atoms with Crippen molar-refractivity contribution in [3.8, 4) is 0 Å². The quantitative estimate of drug-likeness (QED) is 0.598. The molecule has 1 amide bonds. The third kappa shape index (κ3) is 3.68. The van der Waals surface area contributed by atoms with Crippen LogP contribution in [0, 0.1) is 0 Å². The summed E-state index contributed by atoms with van der Waals surface area (Å²) in [5, 5.41) is 0. The van der Waals surface area contributed by atoms with Crippen molar-refractivity contribution in [1.82, 2.24) is 4.90 Å². The number of amides is 1. The standard InChI is InChI=1S/C6H11NO2.2ClH/c1-9-6(8)7-4-2-3-5-7;;/h2-5H2,1H3;2*1H. The van der Waals surface area contributed by atoms with Gasteiger partial charge in [0, 0.05) is 13.1 Å². The highest BCUT2D eigenvalue weighted by molar-refractivity contribution is 5.85. The van der Waals surface area contributed by atoms with Crippen molar-refractivity contribution in [3.05, 3.63) is 0 Å². The molecule has 0 aromatic heterocycles. The molecule has 0 unspecified atom stereocenters. The van der Waals surface area contributed by atoms with E-state index in [-0.39, 0.29) is 30.9 Å². The Morgan fingerprint density at radius 2 is 1.73 bits per heavy atom. The van der Waals surface area contributed by atoms with E-state index in [9.17, 15) is 4.79 Å². The average molecular weight is 202 g/mol. The highest BCUT2D eigenvalue weighted by Crippen LogP contribution is 2.07. The van der Waals surface area contributed by atoms with Crippen LogP contribution in [0.5, 0.6) is 0 Å². The fraction of sp³-hybridized carbons (Fsp3) is 0.833. The molecule has 11 heavy (non-hydrogen) atoms. The van der Waals surface area contributed by atoms with Gasteiger partial charge in [-0.2, -0.15) is 0 Å². The molecule has 1 aliphatic heterocycles. The van der Waals surface area contributed by atoms with E-state index in [4.69, 9.17) is 0 Å². The summed E-state index contributed by atoms with van der Waals surface area (Å²) in [5.74, 6) is 0. The lowest BCUT2D eigenvalue weighted by atomic mass is 10.4. The number of hydrogen-bond donors (Lipinski definition) is 0. The fourth-order valence-corrected chi connectivity index (χ4v) is 1.03. The Balaban J connectivity index is 0. The lowest BCUT2D eigenvalue weighted by Crippen LogP contribution is -2.27. The summed E-state index contributed by atoms with van der Waals surface area (Å²) < 4.78 is 4.52. The molecule has 1 heterocycles. The Hall–Kier alpha value is -0.150. The van der Waals surface area contributed by atoms with Gasteiger partial charge in [-0.1, -0.05) is 0 Å². The van der Waals surface area contributed by atoms with E-state index in [1.165, 1.54) is 7.11 Å². The van der Waals surface area contributed by atoms with Crippen LogP contribution < -0.4 is 0 Å². The first-order valence-electron chi connectivity index (χ1n) is 3.17. The number of hydrogen-bond acceptors (Lipinski definition) is 2. The van der Waals surface area contributed by atoms with Crippen LogP contribution in [0.15, 0.2) is 0 Å². The summed E-state index contributed by atoms with van der Waals surface area (Å²) in [6.45, 7) is 1.74. The van der Waals surface area contributed by atoms with Crippen LogP contribution in [0.2, 0.25) is 0 Å². The minimum atomic E-state index is -0.187. The van der Waals surface area contributed by atoms with Crippen LogP contribution in [0.3, 0.4) is 0 Å². The first kappa shape index (κ1) is 13.4. The van der Waals surface area contributed by atoms with Crippen LogP contribution in [-0.4, -0.2) is 31.2 Å². The molecule has 0 radical (unpaired) electrons. The molecule has 1 fully saturated rings. The molecule has 0 atom stereocenters. The monoisotopic (exact) mass is 201 g/mol. The zero-order valence-electron chi connectivity index (χ0n) is 6.41. The van der Waals surface area contributed by atoms with Gasteiger partial charge in [-0.25, -0.2) is 4.79 Å². The second-order valence-corrected chi connectivity index (χ2v) is 2.16. The number of likely N-dealkylation sites (tertiary alicyclic amines) is 1. The summed E-state index contributed by atoms with van der Waals surface area (Å²) in [6.07, 6.45) is 2.05. The van der Waals surface area contributed by atoms with E-state index in [1.807, 2.05) is 0 Å². The summed E-state index contributed by atoms with van der Waals surface area (Å²) >= 11 is 0. The van der Waals surface area contributed by atoms with Gasteiger partial charge in [0.2, 0.25) is 0 Å². The molecule has 1 saturated heterocycles. The molecule has 68 valence electrons. The first-order chi connectivity index (χ1) is 4.34. The van der Waals surface area contributed by atoms with E-state index in [1.54, 1.807) is 4.90 Å². The Bertz CT molecular complexity index is 115. The molecule has 0 aromatic carbocycles. The van der Waals surface area contributed by atoms with Crippen molar-refractivity contribution in [3.63, 3.8) is 0 Å². The van der Waals surface area contributed by atoms with Crippen LogP contribution in [0.4, 0.5) is 4.79 Å². The zero-order chi connectivity index (χ0) is 6.69. The molecule has 0 bridgehead atoms. The van der Waals surface area contributed by atoms with E-state index >= 15 is 0 Å². The van der Waals surface area contributed by atoms with E-state index < -0.39 is 0 Å². The summed E-state index contributed by atoms with van der Waals surface area (Å²) in [6, 6.07) is 0. The molecule has 5 heteroatoms. The Kier molecular flexibility index (Phi) is 8.01. The molecule has 0 aliphatic carbocycles. The lowest BCUT2D eigenvalue weighted by Gasteiger charge is -2.11. The summed E-state index contributed by atoms with van der Waals surface area (Å²) in [5.41, 5.74) is 0. The molecular weight excluding hydrogens is 189 g/mol. The molecule has 3 nitrogen and oxygen atoms in total. The van der Waals surface area contributed by atoms with Gasteiger partial charge in [0.15, 0.2) is 0 Å². The van der Waals surface area contributed by atoms with Crippen molar-refractivity contribution in [2.24, 2.45) is 0 Å². The SMILES string of the molecule is COC(=O)N1CCCC1.Cl.Cl. The smallest absolute Gasteiger partial charge is 0.409 e. The number of rotatable bonds is 0.